The molecule has 0 unspecified atom stereocenters. The highest BCUT2D eigenvalue weighted by molar-refractivity contribution is 7.89. The van der Waals surface area contributed by atoms with E-state index in [-0.39, 0.29) is 28.5 Å². The molecule has 3 aromatic rings. The molecule has 0 radical (unpaired) electrons. The Kier molecular flexibility index (Phi) is 9.70. The van der Waals surface area contributed by atoms with Crippen LogP contribution in [0, 0.1) is 5.82 Å². The molecule has 2 N–H and O–H groups in total. The molecule has 1 aliphatic heterocycles. The van der Waals surface area contributed by atoms with E-state index in [4.69, 9.17) is 14.6 Å². The van der Waals surface area contributed by atoms with Crippen LogP contribution in [0.4, 0.5) is 32.0 Å². The molecule has 0 saturated carbocycles. The maximum absolute atomic E-state index is 14.3. The predicted molar refractivity (Wildman–Crippen MR) is 143 cm³/mol. The van der Waals surface area contributed by atoms with Gasteiger partial charge in [-0.2, -0.15) is 22.0 Å². The molecule has 0 spiro atoms. The van der Waals surface area contributed by atoms with E-state index in [1.807, 2.05) is 0 Å². The second-order valence-corrected chi connectivity index (χ2v) is 11.1. The first-order chi connectivity index (χ1) is 19.8. The number of hydrogen-bond donors (Lipinski definition) is 1. The Labute approximate surface area is 238 Å². The van der Waals surface area contributed by atoms with Gasteiger partial charge in [0, 0.05) is 42.6 Å². The monoisotopic (exact) mass is 618 g/mol. The molecule has 1 saturated heterocycles. The topological polar surface area (TPSA) is 91.1 Å². The molecule has 0 bridgehead atoms. The van der Waals surface area contributed by atoms with E-state index in [1.165, 1.54) is 25.3 Å². The van der Waals surface area contributed by atoms with Crippen molar-refractivity contribution in [3.63, 3.8) is 0 Å². The second-order valence-electron chi connectivity index (χ2n) is 9.52. The van der Waals surface area contributed by atoms with Gasteiger partial charge in [-0.1, -0.05) is 12.1 Å². The first-order valence-corrected chi connectivity index (χ1v) is 14.3. The zero-order chi connectivity index (χ0) is 30.7. The van der Waals surface area contributed by atoms with Crippen LogP contribution in [0.15, 0.2) is 59.5 Å². The molecule has 0 amide bonds. The van der Waals surface area contributed by atoms with E-state index in [9.17, 15) is 34.8 Å². The highest BCUT2D eigenvalue weighted by atomic mass is 32.2. The lowest BCUT2D eigenvalue weighted by Gasteiger charge is -2.35. The molecule has 4 rings (SSSR count). The number of alkyl halides is 5. The first-order valence-electron chi connectivity index (χ1n) is 12.8. The van der Waals surface area contributed by atoms with Gasteiger partial charge in [0.05, 0.1) is 29.8 Å². The molecule has 0 atom stereocenters. The minimum absolute atomic E-state index is 0.0130. The molecule has 0 aromatic heterocycles. The van der Waals surface area contributed by atoms with Crippen molar-refractivity contribution in [2.45, 2.75) is 36.6 Å². The van der Waals surface area contributed by atoms with Crippen LogP contribution in [0.25, 0.3) is 22.3 Å². The number of anilines is 1. The predicted octanol–water partition coefficient (Wildman–Crippen LogP) is 6.06. The maximum atomic E-state index is 14.3. The molecule has 1 aliphatic rings. The zero-order valence-corrected chi connectivity index (χ0v) is 23.2. The van der Waals surface area contributed by atoms with E-state index in [0.717, 1.165) is 36.4 Å². The Morgan fingerprint density at radius 2 is 1.71 bits per heavy atom. The Morgan fingerprint density at radius 1 is 1.00 bits per heavy atom. The summed E-state index contributed by atoms with van der Waals surface area (Å²) in [5.74, 6) is -1.23. The van der Waals surface area contributed by atoms with E-state index >= 15 is 0 Å². The lowest BCUT2D eigenvalue weighted by molar-refractivity contribution is -0.137. The van der Waals surface area contributed by atoms with Gasteiger partial charge in [0.2, 0.25) is 10.0 Å². The summed E-state index contributed by atoms with van der Waals surface area (Å²) in [6, 6.07) is 9.43. The van der Waals surface area contributed by atoms with Crippen molar-refractivity contribution in [2.24, 2.45) is 5.14 Å². The summed E-state index contributed by atoms with van der Waals surface area (Å²) in [5, 5.41) is 5.37. The third-order valence-electron chi connectivity index (χ3n) is 6.80. The van der Waals surface area contributed by atoms with Gasteiger partial charge in [-0.3, -0.25) is 0 Å². The Morgan fingerprint density at radius 3 is 2.33 bits per heavy atom. The minimum Gasteiger partial charge on any atom is -0.434 e. The van der Waals surface area contributed by atoms with Crippen LogP contribution in [0.1, 0.15) is 18.4 Å². The van der Waals surface area contributed by atoms with Gasteiger partial charge in [-0.05, 0) is 60.9 Å². The van der Waals surface area contributed by atoms with Crippen LogP contribution in [0.3, 0.4) is 0 Å². The van der Waals surface area contributed by atoms with E-state index in [1.54, 1.807) is 4.90 Å². The average Bonchev–Trinajstić information content (AvgIpc) is 2.93. The van der Waals surface area contributed by atoms with Crippen molar-refractivity contribution in [3.05, 3.63) is 66.0 Å². The number of nitrogens with zero attached hydrogens (tertiary/aromatic N) is 1. The van der Waals surface area contributed by atoms with Gasteiger partial charge in [0.15, 0.2) is 0 Å². The zero-order valence-electron chi connectivity index (χ0n) is 22.3. The quantitative estimate of drug-likeness (QED) is 0.220. The highest BCUT2D eigenvalue weighted by Gasteiger charge is 2.37. The van der Waals surface area contributed by atoms with Gasteiger partial charge in [0.25, 0.3) is 0 Å². The van der Waals surface area contributed by atoms with Crippen molar-refractivity contribution < 1.29 is 49.0 Å². The minimum atomic E-state index is -4.99. The Hall–Kier alpha value is -3.33. The number of halogens is 6. The van der Waals surface area contributed by atoms with E-state index in [2.05, 4.69) is 4.74 Å². The number of methoxy groups -OCH3 is 1. The smallest absolute Gasteiger partial charge is 0.417 e. The molecule has 7 nitrogen and oxygen atoms in total. The van der Waals surface area contributed by atoms with Crippen LogP contribution in [-0.4, -0.2) is 54.5 Å². The lowest BCUT2D eigenvalue weighted by atomic mass is 9.92. The molecule has 228 valence electrons. The van der Waals surface area contributed by atoms with Crippen LogP contribution >= 0.6 is 0 Å². The molecule has 0 aliphatic carbocycles. The van der Waals surface area contributed by atoms with Crippen LogP contribution in [0.5, 0.6) is 5.75 Å². The lowest BCUT2D eigenvalue weighted by Crippen LogP contribution is -2.37. The van der Waals surface area contributed by atoms with Crippen LogP contribution in [0.2, 0.25) is 0 Å². The van der Waals surface area contributed by atoms with Crippen molar-refractivity contribution in [1.29, 1.82) is 0 Å². The molecule has 14 heteroatoms. The molecule has 3 aromatic carbocycles. The number of sulfonamides is 1. The van der Waals surface area contributed by atoms with Gasteiger partial charge < -0.3 is 19.1 Å². The molecular formula is C28H28F6N2O5S. The third-order valence-corrected chi connectivity index (χ3v) is 7.75. The van der Waals surface area contributed by atoms with Crippen LogP contribution in [-0.2, 0) is 25.7 Å². The van der Waals surface area contributed by atoms with E-state index in [0.29, 0.717) is 39.1 Å². The largest absolute Gasteiger partial charge is 0.434 e. The molecule has 42 heavy (non-hydrogen) atoms. The average molecular weight is 619 g/mol. The van der Waals surface area contributed by atoms with Gasteiger partial charge in [0.1, 0.15) is 11.6 Å². The highest BCUT2D eigenvalue weighted by Crippen LogP contribution is 2.46. The number of primary sulfonamides is 1. The van der Waals surface area contributed by atoms with Gasteiger partial charge in [-0.15, -0.1) is 0 Å². The van der Waals surface area contributed by atoms with Crippen molar-refractivity contribution in [2.75, 3.05) is 38.3 Å². The summed E-state index contributed by atoms with van der Waals surface area (Å²) in [4.78, 5) is 0.995. The van der Waals surface area contributed by atoms with Gasteiger partial charge in [-0.25, -0.2) is 17.9 Å². The Balaban J connectivity index is 1.92. The number of ether oxygens (including phenoxy) is 3. The second kappa shape index (κ2) is 12.9. The molecule has 1 heterocycles. The van der Waals surface area contributed by atoms with E-state index < -0.39 is 50.4 Å². The first kappa shape index (κ1) is 31.6. The summed E-state index contributed by atoms with van der Waals surface area (Å²) in [5.41, 5.74) is -2.09. The summed E-state index contributed by atoms with van der Waals surface area (Å²) >= 11 is 0. The molecule has 1 fully saturated rings. The van der Waals surface area contributed by atoms with Crippen molar-refractivity contribution in [3.8, 4) is 28.0 Å². The van der Waals surface area contributed by atoms with Crippen molar-refractivity contribution in [1.82, 2.24) is 0 Å². The molecular weight excluding hydrogens is 590 g/mol. The standard InChI is InChI=1S/C28H28F6N2O5S/c1-39-13-14-40-19-9-11-36(12-10-19)23-7-5-17(20-16-18(29)6-8-24(20)41-27(30)31)15-21(23)26-22(28(32,33)34)3-2-4-25(26)42(35,37)38/h2-8,15-16,19,27H,9-14H2,1H3,(H2,35,37,38). The SMILES string of the molecule is COCCOC1CCN(c2ccc(-c3cc(F)ccc3OC(F)F)cc2-c2c(C(F)(F)F)cccc2S(N)(=O)=O)CC1. The normalized spacial score (nSPS) is 14.9. The fraction of sp³-hybridized carbons (Fsp3) is 0.357. The fourth-order valence-electron chi connectivity index (χ4n) is 4.95. The summed E-state index contributed by atoms with van der Waals surface area (Å²) in [6.07, 6.45) is -4.08. The summed E-state index contributed by atoms with van der Waals surface area (Å²) < 4.78 is 124. The van der Waals surface area contributed by atoms with Crippen molar-refractivity contribution >= 4 is 15.7 Å². The fourth-order valence-corrected chi connectivity index (χ4v) is 5.72. The number of piperidine rings is 1. The third kappa shape index (κ3) is 7.35. The maximum Gasteiger partial charge on any atom is 0.417 e. The Bertz CT molecular complexity index is 1510. The number of benzene rings is 3. The summed E-state index contributed by atoms with van der Waals surface area (Å²) in [7, 11) is -3.14. The van der Waals surface area contributed by atoms with Gasteiger partial charge >= 0.3 is 12.8 Å². The number of nitrogens with two attached hydrogens (primary N) is 1. The summed E-state index contributed by atoms with van der Waals surface area (Å²) in [6.45, 7) is -1.80. The van der Waals surface area contributed by atoms with Crippen LogP contribution < -0.4 is 14.8 Å². The number of rotatable bonds is 10. The number of hydrogen-bond acceptors (Lipinski definition) is 6.